The van der Waals surface area contributed by atoms with E-state index in [4.69, 9.17) is 9.47 Å². The molecule has 0 aromatic heterocycles. The van der Waals surface area contributed by atoms with Crippen molar-refractivity contribution >= 4 is 27.5 Å². The van der Waals surface area contributed by atoms with Crippen LogP contribution in [0.15, 0.2) is 77.3 Å². The van der Waals surface area contributed by atoms with Crippen molar-refractivity contribution in [3.8, 4) is 11.5 Å². The van der Waals surface area contributed by atoms with Crippen molar-refractivity contribution in [3.05, 3.63) is 88.4 Å². The smallest absolute Gasteiger partial charge is 0.262 e. The highest BCUT2D eigenvalue weighted by atomic mass is 79.9. The maximum Gasteiger partial charge on any atom is 0.262 e. The molecule has 0 fully saturated rings. The van der Waals surface area contributed by atoms with Gasteiger partial charge >= 0.3 is 0 Å². The molecule has 144 valence electrons. The van der Waals surface area contributed by atoms with Crippen LogP contribution >= 0.6 is 15.9 Å². The molecule has 1 N–H and O–H groups in total. The fraction of sp³-hybridized carbons (Fsp3) is 0.174. The monoisotopic (exact) mass is 439 g/mol. The molecular formula is C23H22BrNO3. The van der Waals surface area contributed by atoms with E-state index in [2.05, 4.69) is 33.4 Å². The molecule has 1 amide bonds. The van der Waals surface area contributed by atoms with Gasteiger partial charge in [0.1, 0.15) is 11.5 Å². The van der Waals surface area contributed by atoms with Gasteiger partial charge in [-0.25, -0.2) is 0 Å². The molecule has 3 aromatic rings. The summed E-state index contributed by atoms with van der Waals surface area (Å²) in [7, 11) is 0. The van der Waals surface area contributed by atoms with Gasteiger partial charge in [-0.3, -0.25) is 4.79 Å². The zero-order valence-corrected chi connectivity index (χ0v) is 17.2. The third-order valence-corrected chi connectivity index (χ3v) is 4.71. The Morgan fingerprint density at radius 3 is 2.43 bits per heavy atom. The van der Waals surface area contributed by atoms with E-state index in [9.17, 15) is 4.79 Å². The Balaban J connectivity index is 1.43. The molecule has 0 saturated heterocycles. The van der Waals surface area contributed by atoms with Crippen LogP contribution in [-0.4, -0.2) is 19.1 Å². The van der Waals surface area contributed by atoms with Gasteiger partial charge in [0.15, 0.2) is 6.61 Å². The van der Waals surface area contributed by atoms with Crippen LogP contribution in [-0.2, 0) is 11.2 Å². The summed E-state index contributed by atoms with van der Waals surface area (Å²) in [4.78, 5) is 12.1. The lowest BCUT2D eigenvalue weighted by Crippen LogP contribution is -2.20. The Morgan fingerprint density at radius 2 is 1.71 bits per heavy atom. The van der Waals surface area contributed by atoms with Crippen LogP contribution in [0.1, 0.15) is 11.1 Å². The third kappa shape index (κ3) is 6.13. The lowest BCUT2D eigenvalue weighted by atomic mass is 10.2. The average Bonchev–Trinajstić information content (AvgIpc) is 2.69. The second kappa shape index (κ2) is 9.95. The molecule has 0 aliphatic carbocycles. The predicted molar refractivity (Wildman–Crippen MR) is 115 cm³/mol. The summed E-state index contributed by atoms with van der Waals surface area (Å²) in [5.41, 5.74) is 3.06. The molecule has 28 heavy (non-hydrogen) atoms. The summed E-state index contributed by atoms with van der Waals surface area (Å²) in [5, 5.41) is 2.82. The molecule has 0 aliphatic heterocycles. The van der Waals surface area contributed by atoms with Crippen molar-refractivity contribution in [3.63, 3.8) is 0 Å². The second-order valence-electron chi connectivity index (χ2n) is 6.38. The third-order valence-electron chi connectivity index (χ3n) is 4.09. The van der Waals surface area contributed by atoms with Gasteiger partial charge in [0.25, 0.3) is 5.91 Å². The molecule has 0 unspecified atom stereocenters. The fourth-order valence-corrected chi connectivity index (χ4v) is 3.24. The van der Waals surface area contributed by atoms with E-state index < -0.39 is 0 Å². The van der Waals surface area contributed by atoms with E-state index in [1.807, 2.05) is 67.6 Å². The van der Waals surface area contributed by atoms with Crippen molar-refractivity contribution in [2.45, 2.75) is 13.3 Å². The number of nitrogens with one attached hydrogen (secondary N) is 1. The molecule has 0 spiro atoms. The minimum atomic E-state index is -0.217. The molecule has 0 heterocycles. The summed E-state index contributed by atoms with van der Waals surface area (Å²) in [5.74, 6) is 1.20. The minimum Gasteiger partial charge on any atom is -0.493 e. The van der Waals surface area contributed by atoms with E-state index in [1.165, 1.54) is 5.56 Å². The number of hydrogen-bond acceptors (Lipinski definition) is 3. The number of rotatable bonds is 8. The van der Waals surface area contributed by atoms with Crippen LogP contribution in [0.5, 0.6) is 11.5 Å². The summed E-state index contributed by atoms with van der Waals surface area (Å²) >= 11 is 3.44. The van der Waals surface area contributed by atoms with Crippen molar-refractivity contribution in [2.24, 2.45) is 0 Å². The van der Waals surface area contributed by atoms with Crippen molar-refractivity contribution in [1.29, 1.82) is 0 Å². The molecule has 4 nitrogen and oxygen atoms in total. The Labute approximate surface area is 173 Å². The van der Waals surface area contributed by atoms with Crippen molar-refractivity contribution in [2.75, 3.05) is 18.5 Å². The van der Waals surface area contributed by atoms with Gasteiger partial charge in [0.2, 0.25) is 0 Å². The highest BCUT2D eigenvalue weighted by Crippen LogP contribution is 2.25. The second-order valence-corrected chi connectivity index (χ2v) is 7.23. The molecule has 3 rings (SSSR count). The number of anilines is 1. The zero-order chi connectivity index (χ0) is 19.8. The first-order valence-electron chi connectivity index (χ1n) is 9.06. The van der Waals surface area contributed by atoms with Gasteiger partial charge in [-0.15, -0.1) is 0 Å². The number of aryl methyl sites for hydroxylation is 1. The molecule has 5 heteroatoms. The van der Waals surface area contributed by atoms with Gasteiger partial charge in [0.05, 0.1) is 11.1 Å². The number of hydrogen-bond donors (Lipinski definition) is 1. The lowest BCUT2D eigenvalue weighted by Gasteiger charge is -2.10. The molecule has 0 aliphatic rings. The van der Waals surface area contributed by atoms with E-state index in [0.717, 1.165) is 22.2 Å². The van der Waals surface area contributed by atoms with Gasteiger partial charge < -0.3 is 14.8 Å². The number of amides is 1. The summed E-state index contributed by atoms with van der Waals surface area (Å²) in [6.07, 6.45) is 0.852. The van der Waals surface area contributed by atoms with Crippen LogP contribution in [0.2, 0.25) is 0 Å². The first-order valence-corrected chi connectivity index (χ1v) is 9.85. The van der Waals surface area contributed by atoms with Gasteiger partial charge in [-0.2, -0.15) is 0 Å². The molecule has 0 radical (unpaired) electrons. The predicted octanol–water partition coefficient (Wildman–Crippen LogP) is 5.40. The molecule has 0 atom stereocenters. The summed E-state index contributed by atoms with van der Waals surface area (Å²) in [6.45, 7) is 2.54. The Kier molecular flexibility index (Phi) is 7.09. The topological polar surface area (TPSA) is 47.6 Å². The van der Waals surface area contributed by atoms with Crippen LogP contribution in [0.3, 0.4) is 0 Å². The number of carbonyl (C=O) groups excluding carboxylic acids is 1. The van der Waals surface area contributed by atoms with E-state index in [-0.39, 0.29) is 12.5 Å². The fourth-order valence-electron chi connectivity index (χ4n) is 2.63. The standard InChI is InChI=1S/C23H22BrNO3/c1-17-7-12-22(21(24)15-17)28-16-23(26)25-19-8-10-20(11-9-19)27-14-13-18-5-3-2-4-6-18/h2-12,15H,13-14,16H2,1H3,(H,25,26). The van der Waals surface area contributed by atoms with Crippen LogP contribution in [0.4, 0.5) is 5.69 Å². The SMILES string of the molecule is Cc1ccc(OCC(=O)Nc2ccc(OCCc3ccccc3)cc2)c(Br)c1. The van der Waals surface area contributed by atoms with E-state index in [0.29, 0.717) is 18.0 Å². The van der Waals surface area contributed by atoms with Gasteiger partial charge in [-0.05, 0) is 70.4 Å². The summed E-state index contributed by atoms with van der Waals surface area (Å²) in [6, 6.07) is 23.3. The maximum atomic E-state index is 12.1. The first kappa shape index (κ1) is 20.0. The van der Waals surface area contributed by atoms with Crippen LogP contribution in [0, 0.1) is 6.92 Å². The Morgan fingerprint density at radius 1 is 0.964 bits per heavy atom. The van der Waals surface area contributed by atoms with Gasteiger partial charge in [-0.1, -0.05) is 36.4 Å². The Hall–Kier alpha value is -2.79. The highest BCUT2D eigenvalue weighted by Gasteiger charge is 2.07. The molecular weight excluding hydrogens is 418 g/mol. The number of halogens is 1. The Bertz CT molecular complexity index is 911. The number of ether oxygens (including phenoxy) is 2. The largest absolute Gasteiger partial charge is 0.493 e. The van der Waals surface area contributed by atoms with E-state index in [1.54, 1.807) is 0 Å². The first-order chi connectivity index (χ1) is 13.6. The minimum absolute atomic E-state index is 0.0585. The zero-order valence-electron chi connectivity index (χ0n) is 15.7. The highest BCUT2D eigenvalue weighted by molar-refractivity contribution is 9.10. The normalized spacial score (nSPS) is 10.4. The molecule has 0 bridgehead atoms. The van der Waals surface area contributed by atoms with Crippen LogP contribution in [0.25, 0.3) is 0 Å². The van der Waals surface area contributed by atoms with Crippen molar-refractivity contribution in [1.82, 2.24) is 0 Å². The van der Waals surface area contributed by atoms with Crippen LogP contribution < -0.4 is 14.8 Å². The van der Waals surface area contributed by atoms with Crippen molar-refractivity contribution < 1.29 is 14.3 Å². The average molecular weight is 440 g/mol. The summed E-state index contributed by atoms with van der Waals surface area (Å²) < 4.78 is 12.1. The number of benzene rings is 3. The lowest BCUT2D eigenvalue weighted by molar-refractivity contribution is -0.118. The molecule has 3 aromatic carbocycles. The van der Waals surface area contributed by atoms with E-state index >= 15 is 0 Å². The number of carbonyl (C=O) groups is 1. The molecule has 0 saturated carbocycles. The quantitative estimate of drug-likeness (QED) is 0.511. The van der Waals surface area contributed by atoms with Gasteiger partial charge in [0, 0.05) is 12.1 Å². The maximum absolute atomic E-state index is 12.1.